The number of rotatable bonds is 5. The molecule has 8 nitrogen and oxygen atoms in total. The van der Waals surface area contributed by atoms with Crippen molar-refractivity contribution in [3.63, 3.8) is 0 Å². The fourth-order valence-electron chi connectivity index (χ4n) is 2.89. The quantitative estimate of drug-likeness (QED) is 0.696. The molecule has 3 heterocycles. The minimum Gasteiger partial charge on any atom is -0.376 e. The Balaban J connectivity index is 1.55. The van der Waals surface area contributed by atoms with E-state index in [0.717, 1.165) is 19.4 Å². The third-order valence-electron chi connectivity index (χ3n) is 4.20. The van der Waals surface area contributed by atoms with Crippen LogP contribution in [-0.4, -0.2) is 42.9 Å². The molecular formula is C16H18N6O2S. The fraction of sp³-hybridized carbons (Fsp3) is 0.438. The van der Waals surface area contributed by atoms with Crippen molar-refractivity contribution in [3.05, 3.63) is 40.4 Å². The summed E-state index contributed by atoms with van der Waals surface area (Å²) in [6, 6.07) is 7.31. The molecule has 0 spiro atoms. The maximum Gasteiger partial charge on any atom is 0.258 e. The van der Waals surface area contributed by atoms with Crippen molar-refractivity contribution < 1.29 is 4.74 Å². The van der Waals surface area contributed by atoms with Crippen molar-refractivity contribution in [2.45, 2.75) is 42.8 Å². The smallest absolute Gasteiger partial charge is 0.258 e. The van der Waals surface area contributed by atoms with E-state index in [4.69, 9.17) is 4.74 Å². The first-order valence-electron chi connectivity index (χ1n) is 8.24. The highest BCUT2D eigenvalue weighted by Crippen LogP contribution is 2.31. The first-order valence-corrected chi connectivity index (χ1v) is 9.12. The maximum absolute atomic E-state index is 12.2. The van der Waals surface area contributed by atoms with Crippen LogP contribution in [0.15, 0.2) is 34.2 Å². The van der Waals surface area contributed by atoms with E-state index in [0.29, 0.717) is 28.4 Å². The predicted molar refractivity (Wildman–Crippen MR) is 93.4 cm³/mol. The monoisotopic (exact) mass is 358 g/mol. The Morgan fingerprint density at radius 2 is 2.32 bits per heavy atom. The van der Waals surface area contributed by atoms with Crippen LogP contribution in [0.2, 0.25) is 0 Å². The van der Waals surface area contributed by atoms with Gasteiger partial charge in [0, 0.05) is 6.61 Å². The molecule has 2 aromatic heterocycles. The second-order valence-electron chi connectivity index (χ2n) is 6.01. The van der Waals surface area contributed by atoms with Gasteiger partial charge in [-0.05, 0) is 42.3 Å². The minimum absolute atomic E-state index is 0.0912. The van der Waals surface area contributed by atoms with Crippen LogP contribution in [0, 0.1) is 0 Å². The predicted octanol–water partition coefficient (Wildman–Crippen LogP) is 1.94. The van der Waals surface area contributed by atoms with Crippen molar-refractivity contribution >= 4 is 22.7 Å². The van der Waals surface area contributed by atoms with Crippen LogP contribution in [0.25, 0.3) is 10.9 Å². The van der Waals surface area contributed by atoms with E-state index < -0.39 is 0 Å². The topological polar surface area (TPSA) is 98.6 Å². The number of H-pyrrole nitrogens is 1. The van der Waals surface area contributed by atoms with Gasteiger partial charge in [0.05, 0.1) is 28.8 Å². The minimum atomic E-state index is -0.132. The normalized spacial score (nSPS) is 18.7. The van der Waals surface area contributed by atoms with E-state index in [1.807, 2.05) is 25.1 Å². The molecule has 0 radical (unpaired) electrons. The number of thioether (sulfide) groups is 1. The average Bonchev–Trinajstić information content (AvgIpc) is 3.28. The Morgan fingerprint density at radius 3 is 3.16 bits per heavy atom. The largest absolute Gasteiger partial charge is 0.376 e. The zero-order valence-corrected chi connectivity index (χ0v) is 14.6. The van der Waals surface area contributed by atoms with E-state index in [9.17, 15) is 4.79 Å². The number of ether oxygens (including phenoxy) is 1. The van der Waals surface area contributed by atoms with Crippen LogP contribution in [-0.2, 0) is 11.3 Å². The first kappa shape index (κ1) is 16.2. The van der Waals surface area contributed by atoms with Crippen LogP contribution < -0.4 is 5.56 Å². The van der Waals surface area contributed by atoms with Gasteiger partial charge in [0.15, 0.2) is 0 Å². The van der Waals surface area contributed by atoms with Crippen LogP contribution in [0.1, 0.15) is 30.8 Å². The molecule has 0 bridgehead atoms. The lowest BCUT2D eigenvalue weighted by Gasteiger charge is -2.13. The molecule has 1 aliphatic heterocycles. The summed E-state index contributed by atoms with van der Waals surface area (Å²) in [5.41, 5.74) is 0.555. The van der Waals surface area contributed by atoms with Gasteiger partial charge in [0.2, 0.25) is 5.16 Å². The number of aromatic amines is 1. The van der Waals surface area contributed by atoms with Crippen molar-refractivity contribution in [2.24, 2.45) is 0 Å². The molecule has 0 aliphatic carbocycles. The van der Waals surface area contributed by atoms with E-state index in [1.54, 1.807) is 10.7 Å². The van der Waals surface area contributed by atoms with Gasteiger partial charge in [0.1, 0.15) is 5.82 Å². The third-order valence-corrected chi connectivity index (χ3v) is 5.28. The summed E-state index contributed by atoms with van der Waals surface area (Å²) in [5, 5.41) is 13.1. The molecule has 25 heavy (non-hydrogen) atoms. The highest BCUT2D eigenvalue weighted by Gasteiger charge is 2.21. The molecule has 0 unspecified atom stereocenters. The van der Waals surface area contributed by atoms with Crippen LogP contribution in [0.5, 0.6) is 0 Å². The zero-order valence-electron chi connectivity index (χ0n) is 13.8. The van der Waals surface area contributed by atoms with Gasteiger partial charge < -0.3 is 9.72 Å². The molecule has 0 amide bonds. The highest BCUT2D eigenvalue weighted by atomic mass is 32.2. The second-order valence-corrected chi connectivity index (χ2v) is 7.31. The lowest BCUT2D eigenvalue weighted by Crippen LogP contribution is -2.17. The number of hydrogen-bond acceptors (Lipinski definition) is 7. The molecule has 3 aromatic rings. The summed E-state index contributed by atoms with van der Waals surface area (Å²) < 4.78 is 7.41. The Kier molecular flexibility index (Phi) is 4.50. The SMILES string of the molecule is C[C@@H](Sc1nnnn1C[C@H]1CCCO1)c1nc2ccccc2c(=O)[nH]1. The number of nitrogens with one attached hydrogen (secondary N) is 1. The molecule has 1 saturated heterocycles. The molecule has 0 saturated carbocycles. The second kappa shape index (κ2) is 6.93. The summed E-state index contributed by atoms with van der Waals surface area (Å²) >= 11 is 1.47. The number of tetrazole rings is 1. The zero-order chi connectivity index (χ0) is 17.2. The molecule has 130 valence electrons. The third kappa shape index (κ3) is 3.42. The molecule has 2 atom stereocenters. The van der Waals surface area contributed by atoms with Gasteiger partial charge in [-0.15, -0.1) is 5.10 Å². The van der Waals surface area contributed by atoms with Crippen molar-refractivity contribution in [3.8, 4) is 0 Å². The lowest BCUT2D eigenvalue weighted by atomic mass is 10.2. The van der Waals surface area contributed by atoms with Gasteiger partial charge in [-0.25, -0.2) is 9.67 Å². The summed E-state index contributed by atoms with van der Waals surface area (Å²) in [4.78, 5) is 19.7. The summed E-state index contributed by atoms with van der Waals surface area (Å²) in [5.74, 6) is 0.611. The average molecular weight is 358 g/mol. The molecule has 1 aromatic carbocycles. The highest BCUT2D eigenvalue weighted by molar-refractivity contribution is 7.99. The molecule has 1 N–H and O–H groups in total. The molecule has 9 heteroatoms. The van der Waals surface area contributed by atoms with Crippen LogP contribution in [0.4, 0.5) is 0 Å². The fourth-order valence-corrected chi connectivity index (χ4v) is 3.74. The van der Waals surface area contributed by atoms with E-state index >= 15 is 0 Å². The summed E-state index contributed by atoms with van der Waals surface area (Å²) in [7, 11) is 0. The van der Waals surface area contributed by atoms with E-state index in [1.165, 1.54) is 11.8 Å². The summed E-state index contributed by atoms with van der Waals surface area (Å²) in [6.07, 6.45) is 2.27. The van der Waals surface area contributed by atoms with Crippen LogP contribution >= 0.6 is 11.8 Å². The van der Waals surface area contributed by atoms with E-state index in [2.05, 4.69) is 25.5 Å². The van der Waals surface area contributed by atoms with Crippen molar-refractivity contribution in [1.29, 1.82) is 0 Å². The van der Waals surface area contributed by atoms with E-state index in [-0.39, 0.29) is 16.9 Å². The Bertz CT molecular complexity index is 934. The lowest BCUT2D eigenvalue weighted by molar-refractivity contribution is 0.0911. The molecular weight excluding hydrogens is 340 g/mol. The van der Waals surface area contributed by atoms with Crippen LogP contribution in [0.3, 0.4) is 0 Å². The van der Waals surface area contributed by atoms with Gasteiger partial charge in [-0.2, -0.15) is 0 Å². The first-order chi connectivity index (χ1) is 12.2. The molecule has 4 rings (SSSR count). The molecule has 1 fully saturated rings. The van der Waals surface area contributed by atoms with Gasteiger partial charge >= 0.3 is 0 Å². The number of aromatic nitrogens is 6. The Morgan fingerprint density at radius 1 is 1.44 bits per heavy atom. The number of nitrogens with zero attached hydrogens (tertiary/aromatic N) is 5. The maximum atomic E-state index is 12.2. The van der Waals surface area contributed by atoms with Crippen molar-refractivity contribution in [2.75, 3.05) is 6.61 Å². The van der Waals surface area contributed by atoms with Gasteiger partial charge in [-0.3, -0.25) is 4.79 Å². The number of benzene rings is 1. The number of fused-ring (bicyclic) bond motifs is 1. The number of para-hydroxylation sites is 1. The Hall–Kier alpha value is -2.26. The van der Waals surface area contributed by atoms with Crippen molar-refractivity contribution in [1.82, 2.24) is 30.2 Å². The van der Waals surface area contributed by atoms with Gasteiger partial charge in [-0.1, -0.05) is 23.9 Å². The standard InChI is InChI=1S/C16H18N6O2S/c1-10(14-17-13-7-3-2-6-12(13)15(23)18-14)25-16-19-20-21-22(16)9-11-5-4-8-24-11/h2-3,6-7,10-11H,4-5,8-9H2,1H3,(H,17,18,23)/t10-,11-/m1/s1. The summed E-state index contributed by atoms with van der Waals surface area (Å²) in [6.45, 7) is 3.42. The van der Waals surface area contributed by atoms with Gasteiger partial charge in [0.25, 0.3) is 5.56 Å². The Labute approximate surface area is 148 Å². The number of hydrogen-bond donors (Lipinski definition) is 1. The molecule has 1 aliphatic rings.